The molecule has 0 amide bonds. The molecule has 0 aromatic rings. The molecule has 32 heavy (non-hydrogen) atoms. The molecule has 2 spiro atoms. The van der Waals surface area contributed by atoms with Gasteiger partial charge in [-0.25, -0.2) is 0 Å². The van der Waals surface area contributed by atoms with Crippen molar-refractivity contribution in [1.82, 2.24) is 0 Å². The number of ether oxygens (including phenoxy) is 5. The highest BCUT2D eigenvalue weighted by Gasteiger charge is 2.64. The number of rotatable bonds is 4. The first kappa shape index (κ1) is 22.4. The minimum Gasteiger partial charge on any atom is -0.468 e. The lowest BCUT2D eigenvalue weighted by atomic mass is 9.52. The van der Waals surface area contributed by atoms with Crippen LogP contribution in [0.5, 0.6) is 0 Å². The van der Waals surface area contributed by atoms with Crippen molar-refractivity contribution in [2.45, 2.75) is 75.8 Å². The van der Waals surface area contributed by atoms with Gasteiger partial charge in [-0.1, -0.05) is 0 Å². The van der Waals surface area contributed by atoms with Crippen LogP contribution in [0.15, 0.2) is 0 Å². The summed E-state index contributed by atoms with van der Waals surface area (Å²) < 4.78 is 29.8. The van der Waals surface area contributed by atoms with Crippen LogP contribution in [0.25, 0.3) is 0 Å². The van der Waals surface area contributed by atoms with Gasteiger partial charge >= 0.3 is 5.97 Å². The van der Waals surface area contributed by atoms with Crippen LogP contribution in [0.3, 0.4) is 0 Å². The average molecular weight is 451 g/mol. The van der Waals surface area contributed by atoms with Crippen molar-refractivity contribution in [2.75, 3.05) is 33.5 Å². The summed E-state index contributed by atoms with van der Waals surface area (Å²) in [6.07, 6.45) is 5.84. The van der Waals surface area contributed by atoms with Gasteiger partial charge < -0.3 is 23.7 Å². The normalized spacial score (nSPS) is 36.5. The van der Waals surface area contributed by atoms with Gasteiger partial charge in [0.05, 0.1) is 39.5 Å². The van der Waals surface area contributed by atoms with E-state index >= 15 is 0 Å². The molecule has 8 nitrogen and oxygen atoms in total. The average Bonchev–Trinajstić information content (AvgIpc) is 3.43. The maximum atomic E-state index is 13.3. The molecule has 8 heteroatoms. The van der Waals surface area contributed by atoms with Crippen LogP contribution >= 0.6 is 0 Å². The molecule has 2 saturated heterocycles. The van der Waals surface area contributed by atoms with Crippen LogP contribution in [0, 0.1) is 23.2 Å². The summed E-state index contributed by atoms with van der Waals surface area (Å²) in [6.45, 7) is 2.12. The summed E-state index contributed by atoms with van der Waals surface area (Å²) in [6, 6.07) is 0. The van der Waals surface area contributed by atoms with E-state index in [1.165, 1.54) is 7.11 Å². The molecule has 1 unspecified atom stereocenters. The number of Topliss-reactive ketones (excluding diaryl/α,β-unsaturated/α-hetero) is 2. The van der Waals surface area contributed by atoms with Gasteiger partial charge in [0.1, 0.15) is 11.2 Å². The first-order valence-corrected chi connectivity index (χ1v) is 12.2. The Labute approximate surface area is 188 Å². The number of carbonyl (C=O) groups is 3. The number of methoxy groups -OCH3 is 1. The summed E-state index contributed by atoms with van der Waals surface area (Å²) in [7, 11) is 1.34. The summed E-state index contributed by atoms with van der Waals surface area (Å²) >= 11 is 0. The molecule has 5 aliphatic rings. The minimum atomic E-state index is -1.22. The number of carbonyl (C=O) groups excluding carboxylic acids is 3. The standard InChI is InChI=1S/C24H34O8/c1-28-21(27)24-16(4-2-5-20(24)26)14-18(25)15-17(24)6-7-19-22(29-10-11-30-22)8-3-9-23(19)31-12-13-32-23/h16-17,19H,2-15H2,1H3/t16?,17-,24+/m0/s1. The van der Waals surface area contributed by atoms with Crippen molar-refractivity contribution in [1.29, 1.82) is 0 Å². The van der Waals surface area contributed by atoms with E-state index in [9.17, 15) is 14.4 Å². The Kier molecular flexibility index (Phi) is 5.93. The molecule has 2 aliphatic heterocycles. The molecular formula is C24H34O8. The maximum absolute atomic E-state index is 13.3. The fourth-order valence-corrected chi connectivity index (χ4v) is 7.44. The van der Waals surface area contributed by atoms with E-state index in [2.05, 4.69) is 0 Å². The van der Waals surface area contributed by atoms with E-state index < -0.39 is 23.0 Å². The third kappa shape index (κ3) is 3.29. The minimum absolute atomic E-state index is 0.0621. The topological polar surface area (TPSA) is 97.4 Å². The summed E-state index contributed by atoms with van der Waals surface area (Å²) in [5.41, 5.74) is -1.22. The fraction of sp³-hybridized carbons (Fsp3) is 0.875. The summed E-state index contributed by atoms with van der Waals surface area (Å²) in [5.74, 6) is -2.78. The first-order chi connectivity index (χ1) is 15.5. The van der Waals surface area contributed by atoms with Gasteiger partial charge in [-0.2, -0.15) is 0 Å². The molecule has 5 fully saturated rings. The highest BCUT2D eigenvalue weighted by molar-refractivity contribution is 6.06. The Hall–Kier alpha value is -1.35. The molecule has 0 N–H and O–H groups in total. The van der Waals surface area contributed by atoms with Crippen molar-refractivity contribution in [3.8, 4) is 0 Å². The number of hydrogen-bond donors (Lipinski definition) is 0. The quantitative estimate of drug-likeness (QED) is 0.476. The largest absolute Gasteiger partial charge is 0.468 e. The van der Waals surface area contributed by atoms with Crippen molar-refractivity contribution in [2.24, 2.45) is 23.2 Å². The van der Waals surface area contributed by atoms with Crippen LogP contribution in [-0.4, -0.2) is 62.6 Å². The lowest BCUT2D eigenvalue weighted by Crippen LogP contribution is -2.59. The summed E-state index contributed by atoms with van der Waals surface area (Å²) in [4.78, 5) is 39.1. The predicted molar refractivity (Wildman–Crippen MR) is 110 cm³/mol. The van der Waals surface area contributed by atoms with Gasteiger partial charge in [0, 0.05) is 32.1 Å². The van der Waals surface area contributed by atoms with Crippen molar-refractivity contribution in [3.63, 3.8) is 0 Å². The van der Waals surface area contributed by atoms with Gasteiger partial charge in [0.2, 0.25) is 0 Å². The second kappa shape index (κ2) is 8.46. The molecule has 3 aliphatic carbocycles. The van der Waals surface area contributed by atoms with E-state index in [0.29, 0.717) is 52.1 Å². The molecular weight excluding hydrogens is 416 g/mol. The number of hydrogen-bond acceptors (Lipinski definition) is 8. The zero-order valence-electron chi connectivity index (χ0n) is 18.9. The van der Waals surface area contributed by atoms with E-state index in [4.69, 9.17) is 23.7 Å². The number of ketones is 2. The third-order valence-corrected chi connectivity index (χ3v) is 8.65. The Balaban J connectivity index is 1.46. The highest BCUT2D eigenvalue weighted by Crippen LogP contribution is 2.56. The second-order valence-corrected chi connectivity index (χ2v) is 10.0. The zero-order valence-corrected chi connectivity index (χ0v) is 18.9. The van der Waals surface area contributed by atoms with E-state index in [-0.39, 0.29) is 42.2 Å². The molecule has 0 aromatic carbocycles. The van der Waals surface area contributed by atoms with Crippen LogP contribution in [0.4, 0.5) is 0 Å². The van der Waals surface area contributed by atoms with Crippen LogP contribution in [0.1, 0.15) is 64.2 Å². The third-order valence-electron chi connectivity index (χ3n) is 8.65. The Bertz CT molecular complexity index is 732. The highest BCUT2D eigenvalue weighted by atomic mass is 16.8. The predicted octanol–water partition coefficient (Wildman–Crippen LogP) is 2.56. The molecule has 0 radical (unpaired) electrons. The van der Waals surface area contributed by atoms with E-state index in [1.54, 1.807) is 0 Å². The molecule has 0 aromatic heterocycles. The van der Waals surface area contributed by atoms with Crippen molar-refractivity contribution < 1.29 is 38.1 Å². The van der Waals surface area contributed by atoms with Crippen LogP contribution in [-0.2, 0) is 38.1 Å². The van der Waals surface area contributed by atoms with Crippen molar-refractivity contribution >= 4 is 17.5 Å². The lowest BCUT2D eigenvalue weighted by molar-refractivity contribution is -0.320. The van der Waals surface area contributed by atoms with Gasteiger partial charge in [-0.3, -0.25) is 14.4 Å². The van der Waals surface area contributed by atoms with Crippen LogP contribution < -0.4 is 0 Å². The second-order valence-electron chi connectivity index (χ2n) is 10.0. The van der Waals surface area contributed by atoms with Gasteiger partial charge in [-0.05, 0) is 43.9 Å². The molecule has 5 rings (SSSR count). The Morgan fingerprint density at radius 1 is 0.938 bits per heavy atom. The molecule has 3 saturated carbocycles. The van der Waals surface area contributed by atoms with Crippen molar-refractivity contribution in [3.05, 3.63) is 0 Å². The molecule has 178 valence electrons. The zero-order chi connectivity index (χ0) is 22.4. The number of fused-ring (bicyclic) bond motifs is 1. The fourth-order valence-electron chi connectivity index (χ4n) is 7.44. The lowest BCUT2D eigenvalue weighted by Gasteiger charge is -2.51. The SMILES string of the molecule is COC(=O)[C@]12C(=O)CCCC1CC(=O)C[C@@H]2CCC1C2(CCCC13OCCO3)OCCO2. The van der Waals surface area contributed by atoms with E-state index in [1.807, 2.05) is 0 Å². The summed E-state index contributed by atoms with van der Waals surface area (Å²) in [5, 5.41) is 0. The van der Waals surface area contributed by atoms with Gasteiger partial charge in [0.25, 0.3) is 0 Å². The Morgan fingerprint density at radius 2 is 1.56 bits per heavy atom. The van der Waals surface area contributed by atoms with E-state index in [0.717, 1.165) is 25.7 Å². The maximum Gasteiger partial charge on any atom is 0.319 e. The molecule has 2 heterocycles. The van der Waals surface area contributed by atoms with Gasteiger partial charge in [-0.15, -0.1) is 0 Å². The van der Waals surface area contributed by atoms with Gasteiger partial charge in [0.15, 0.2) is 17.4 Å². The molecule has 3 atom stereocenters. The smallest absolute Gasteiger partial charge is 0.319 e. The molecule has 0 bridgehead atoms. The first-order valence-electron chi connectivity index (χ1n) is 12.2. The Morgan fingerprint density at radius 3 is 2.16 bits per heavy atom. The monoisotopic (exact) mass is 450 g/mol. The van der Waals surface area contributed by atoms with Crippen LogP contribution in [0.2, 0.25) is 0 Å². The number of esters is 1.